The van der Waals surface area contributed by atoms with Crippen LogP contribution in [0.15, 0.2) is 221 Å². The first-order valence-electron chi connectivity index (χ1n) is 31.7. The van der Waals surface area contributed by atoms with Crippen LogP contribution < -0.4 is 14.7 Å². The molecule has 6 unspecified atom stereocenters. The highest BCUT2D eigenvalue weighted by atomic mass is 16.3. The Balaban J connectivity index is 1.03. The second-order valence-electron chi connectivity index (χ2n) is 26.3. The van der Waals surface area contributed by atoms with E-state index in [4.69, 9.17) is 8.83 Å². The lowest BCUT2D eigenvalue weighted by Gasteiger charge is -2.50. The van der Waals surface area contributed by atoms with Crippen molar-refractivity contribution in [2.45, 2.75) is 79.2 Å². The van der Waals surface area contributed by atoms with Crippen LogP contribution in [0.1, 0.15) is 95.9 Å². The van der Waals surface area contributed by atoms with Crippen LogP contribution in [0.2, 0.25) is 0 Å². The third-order valence-electron chi connectivity index (χ3n) is 21.4. The number of para-hydroxylation sites is 4. The predicted octanol–water partition coefficient (Wildman–Crippen LogP) is 23.0. The fraction of sp³-hybridized carbons (Fsp3) is 0.181. The standard InChI is InChI=1S/C83H67N3O2/c1-46-33-38-68(51(6)41-46)84(73-31-18-27-61-62-37-35-49(4)53(8)80(62)88-82(61)73)75-44-66-77(57-23-11-9-21-55(57)75)78-58-24-12-10-22-56(58)76-45-67(78)83(66)64-28-13-14-29-71(64)85(69-30-16-19-48(3)52(69)7)72-40-36-54(43-65(72)83)63-42-47(2)34-39-70(63)86(76)74-32-17-26-60-59-25-15-20-50(5)79(59)87-81(60)74/h9-18,20-45,48-49,52-53,69H,19H2,1-8H3. The van der Waals surface area contributed by atoms with Gasteiger partial charge in [0.2, 0.25) is 0 Å². The molecule has 0 saturated heterocycles. The van der Waals surface area contributed by atoms with Crippen LogP contribution in [0.5, 0.6) is 0 Å². The first kappa shape index (κ1) is 51.4. The molecule has 1 spiro atoms. The third kappa shape index (κ3) is 6.82. The van der Waals surface area contributed by atoms with E-state index in [0.29, 0.717) is 17.8 Å². The molecule has 4 heterocycles. The van der Waals surface area contributed by atoms with Gasteiger partial charge in [-0.15, -0.1) is 0 Å². The fourth-order valence-corrected chi connectivity index (χ4v) is 16.7. The normalized spacial score (nSPS) is 20.2. The van der Waals surface area contributed by atoms with Crippen molar-refractivity contribution >= 4 is 106 Å². The summed E-state index contributed by atoms with van der Waals surface area (Å²) in [4.78, 5) is 7.84. The molecule has 5 heteroatoms. The van der Waals surface area contributed by atoms with Gasteiger partial charge in [0.25, 0.3) is 0 Å². The second kappa shape index (κ2) is 18.6. The summed E-state index contributed by atoms with van der Waals surface area (Å²) in [6.45, 7) is 18.4. The van der Waals surface area contributed by atoms with Crippen LogP contribution in [0, 0.1) is 45.4 Å². The Morgan fingerprint density at radius 2 is 1.11 bits per heavy atom. The van der Waals surface area contributed by atoms with Crippen LogP contribution in [0.3, 0.4) is 0 Å². The SMILES string of the molecule is Cc1ccc(N(c2cc3c(c4ccccc24)-c2c4cc(c5ccccc25)N(c2cccc5c2oc2c(C)cccc25)c2ccc(C)cc2-c2ccc5c(c2)C34c2ccccc2N5C2C=CCC(C)C2C)c2cccc3c4c(oc23)C(C)C(C)C=C4)c(C)c1. The van der Waals surface area contributed by atoms with E-state index in [-0.39, 0.29) is 12.0 Å². The molecule has 0 radical (unpaired) electrons. The first-order chi connectivity index (χ1) is 43.0. The number of fused-ring (bicyclic) bond motifs is 18. The molecule has 88 heavy (non-hydrogen) atoms. The number of nitrogens with zero attached hydrogens (tertiary/aromatic N) is 3. The van der Waals surface area contributed by atoms with Crippen molar-refractivity contribution in [3.63, 3.8) is 0 Å². The lowest BCUT2D eigenvalue weighted by atomic mass is 9.63. The van der Waals surface area contributed by atoms with Crippen molar-refractivity contribution in [3.05, 3.63) is 268 Å². The van der Waals surface area contributed by atoms with Gasteiger partial charge >= 0.3 is 0 Å². The van der Waals surface area contributed by atoms with Crippen molar-refractivity contribution in [1.29, 1.82) is 0 Å². The number of anilines is 8. The van der Waals surface area contributed by atoms with E-state index in [1.54, 1.807) is 0 Å². The van der Waals surface area contributed by atoms with Gasteiger partial charge in [0.15, 0.2) is 11.2 Å². The molecule has 5 aliphatic rings. The molecule has 5 nitrogen and oxygen atoms in total. The lowest BCUT2D eigenvalue weighted by molar-refractivity contribution is 0.340. The van der Waals surface area contributed by atoms with E-state index in [2.05, 4.69) is 289 Å². The van der Waals surface area contributed by atoms with Crippen molar-refractivity contribution in [1.82, 2.24) is 0 Å². The predicted molar refractivity (Wildman–Crippen MR) is 368 cm³/mol. The van der Waals surface area contributed by atoms with Crippen LogP contribution in [0.25, 0.3) is 82.8 Å². The molecule has 2 aromatic heterocycles. The van der Waals surface area contributed by atoms with Gasteiger partial charge < -0.3 is 23.5 Å². The van der Waals surface area contributed by atoms with E-state index >= 15 is 0 Å². The van der Waals surface area contributed by atoms with Gasteiger partial charge in [-0.1, -0.05) is 197 Å². The van der Waals surface area contributed by atoms with Crippen LogP contribution in [-0.2, 0) is 5.41 Å². The maximum absolute atomic E-state index is 7.35. The van der Waals surface area contributed by atoms with Gasteiger partial charge in [-0.05, 0) is 173 Å². The van der Waals surface area contributed by atoms with Gasteiger partial charge in [-0.2, -0.15) is 0 Å². The Morgan fingerprint density at radius 1 is 0.455 bits per heavy atom. The molecule has 3 aliphatic carbocycles. The van der Waals surface area contributed by atoms with Gasteiger partial charge in [-0.25, -0.2) is 0 Å². The highest BCUT2D eigenvalue weighted by molar-refractivity contribution is 6.21. The molecule has 0 amide bonds. The van der Waals surface area contributed by atoms with Gasteiger partial charge in [0.1, 0.15) is 11.3 Å². The minimum Gasteiger partial charge on any atom is -0.458 e. The molecule has 13 aromatic rings. The third-order valence-corrected chi connectivity index (χ3v) is 21.4. The maximum atomic E-state index is 7.35. The van der Waals surface area contributed by atoms with Crippen molar-refractivity contribution in [3.8, 4) is 22.3 Å². The summed E-state index contributed by atoms with van der Waals surface area (Å²) in [5.74, 6) is 2.53. The number of rotatable bonds is 5. The van der Waals surface area contributed by atoms with Crippen molar-refractivity contribution < 1.29 is 8.83 Å². The minimum absolute atomic E-state index is 0.123. The number of furan rings is 2. The van der Waals surface area contributed by atoms with Gasteiger partial charge in [-0.3, -0.25) is 0 Å². The molecule has 0 saturated carbocycles. The Bertz CT molecular complexity index is 5260. The average Bonchev–Trinajstić information content (AvgIpc) is 1.43. The van der Waals surface area contributed by atoms with Crippen LogP contribution >= 0.6 is 0 Å². The zero-order valence-corrected chi connectivity index (χ0v) is 51.0. The van der Waals surface area contributed by atoms with E-state index < -0.39 is 5.41 Å². The number of allylic oxidation sites excluding steroid dienone is 2. The van der Waals surface area contributed by atoms with E-state index in [1.807, 2.05) is 0 Å². The van der Waals surface area contributed by atoms with E-state index in [1.165, 1.54) is 94.1 Å². The summed E-state index contributed by atoms with van der Waals surface area (Å²) in [6, 6.07) is 75.0. The Kier molecular flexibility index (Phi) is 10.9. The topological polar surface area (TPSA) is 36.0 Å². The number of benzene rings is 11. The number of hydrogen-bond acceptors (Lipinski definition) is 5. The summed E-state index contributed by atoms with van der Waals surface area (Å²) >= 11 is 0. The summed E-state index contributed by atoms with van der Waals surface area (Å²) in [6.07, 6.45) is 10.7. The summed E-state index contributed by atoms with van der Waals surface area (Å²) in [5, 5.41) is 8.11. The number of hydrogen-bond donors (Lipinski definition) is 0. The first-order valence-corrected chi connectivity index (χ1v) is 31.7. The summed E-state index contributed by atoms with van der Waals surface area (Å²) in [7, 11) is 0. The molecule has 4 bridgehead atoms. The minimum atomic E-state index is -0.858. The quantitative estimate of drug-likeness (QED) is 0.161. The van der Waals surface area contributed by atoms with Crippen molar-refractivity contribution in [2.75, 3.05) is 14.7 Å². The highest BCUT2D eigenvalue weighted by Gasteiger charge is 2.55. The zero-order valence-electron chi connectivity index (χ0n) is 51.0. The molecular formula is C83H67N3O2. The Hall–Kier alpha value is -9.84. The zero-order chi connectivity index (χ0) is 59.2. The Morgan fingerprint density at radius 3 is 1.94 bits per heavy atom. The number of aryl methyl sites for hydroxylation is 4. The highest BCUT2D eigenvalue weighted by Crippen LogP contribution is 2.68. The molecule has 11 aromatic carbocycles. The molecular weight excluding hydrogens is 1070 g/mol. The average molecular weight is 1140 g/mol. The molecule has 0 N–H and O–H groups in total. The fourth-order valence-electron chi connectivity index (χ4n) is 16.7. The van der Waals surface area contributed by atoms with Crippen LogP contribution in [0.4, 0.5) is 45.5 Å². The van der Waals surface area contributed by atoms with E-state index in [0.717, 1.165) is 90.3 Å². The molecule has 2 aliphatic heterocycles. The summed E-state index contributed by atoms with van der Waals surface area (Å²) in [5.41, 5.74) is 26.6. The summed E-state index contributed by atoms with van der Waals surface area (Å²) < 4.78 is 14.6. The monoisotopic (exact) mass is 1140 g/mol. The van der Waals surface area contributed by atoms with Gasteiger partial charge in [0.05, 0.1) is 39.9 Å². The van der Waals surface area contributed by atoms with Crippen LogP contribution in [-0.4, -0.2) is 6.04 Å². The Labute approximate surface area is 514 Å². The van der Waals surface area contributed by atoms with Gasteiger partial charge in [0, 0.05) is 61.0 Å². The second-order valence-corrected chi connectivity index (χ2v) is 26.3. The van der Waals surface area contributed by atoms with Crippen molar-refractivity contribution in [2.24, 2.45) is 17.8 Å². The maximum Gasteiger partial charge on any atom is 0.159 e. The molecule has 426 valence electrons. The molecule has 0 fully saturated rings. The van der Waals surface area contributed by atoms with E-state index in [9.17, 15) is 0 Å². The smallest absolute Gasteiger partial charge is 0.159 e. The molecule has 6 atom stereocenters. The molecule has 18 rings (SSSR count). The lowest BCUT2D eigenvalue weighted by Crippen LogP contribution is -2.45. The largest absolute Gasteiger partial charge is 0.458 e.